The molecule has 4 heteroatoms. The van der Waals surface area contributed by atoms with Gasteiger partial charge in [0.05, 0.1) is 11.6 Å². The van der Waals surface area contributed by atoms with Gasteiger partial charge in [0.1, 0.15) is 0 Å². The molecular weight excluding hydrogens is 226 g/mol. The summed E-state index contributed by atoms with van der Waals surface area (Å²) in [5.74, 6) is 0.756. The molecule has 4 N–H and O–H groups in total. The second kappa shape index (κ2) is 5.24. The van der Waals surface area contributed by atoms with Crippen LogP contribution in [0.4, 0.5) is 5.69 Å². The van der Waals surface area contributed by atoms with E-state index >= 15 is 0 Å². The number of nitrogens with zero attached hydrogens (tertiary/aromatic N) is 1. The van der Waals surface area contributed by atoms with Crippen LogP contribution in [-0.4, -0.2) is 17.7 Å². The Morgan fingerprint density at radius 3 is 2.67 bits per heavy atom. The maximum absolute atomic E-state index is 6.42. The molecule has 1 atom stereocenters. The van der Waals surface area contributed by atoms with E-state index in [2.05, 4.69) is 11.9 Å². The third kappa shape index (κ3) is 2.35. The first kappa shape index (κ1) is 13.3. The summed E-state index contributed by atoms with van der Waals surface area (Å²) >= 11 is 0. The zero-order valence-electron chi connectivity index (χ0n) is 11.2. The van der Waals surface area contributed by atoms with Crippen LogP contribution in [0.3, 0.4) is 0 Å². The first-order chi connectivity index (χ1) is 8.59. The average molecular weight is 249 g/mol. The highest BCUT2D eigenvalue weighted by Crippen LogP contribution is 2.42. The van der Waals surface area contributed by atoms with Gasteiger partial charge >= 0.3 is 0 Å². The summed E-state index contributed by atoms with van der Waals surface area (Å²) in [6.07, 6.45) is 7.73. The maximum Gasteiger partial charge on any atom is 0.0872 e. The second-order valence-corrected chi connectivity index (χ2v) is 5.43. The molecule has 0 bridgehead atoms. The number of ether oxygens (including phenoxy) is 1. The van der Waals surface area contributed by atoms with Crippen molar-refractivity contribution in [2.45, 2.75) is 44.2 Å². The predicted molar refractivity (Wildman–Crippen MR) is 72.9 cm³/mol. The number of hydrogen-bond donors (Lipinski definition) is 2. The summed E-state index contributed by atoms with van der Waals surface area (Å²) in [4.78, 5) is 4.13. The Morgan fingerprint density at radius 1 is 1.44 bits per heavy atom. The van der Waals surface area contributed by atoms with Crippen molar-refractivity contribution in [3.63, 3.8) is 0 Å². The van der Waals surface area contributed by atoms with Gasteiger partial charge in [-0.15, -0.1) is 0 Å². The number of rotatable bonds is 3. The normalized spacial score (nSPS) is 30.1. The predicted octanol–water partition coefficient (Wildman–Crippen LogP) is 2.26. The first-order valence-electron chi connectivity index (χ1n) is 6.59. The fraction of sp³-hybridized carbons (Fsp3) is 0.643. The summed E-state index contributed by atoms with van der Waals surface area (Å²) in [7, 11) is 1.75. The molecular formula is C14H23N3O. The summed E-state index contributed by atoms with van der Waals surface area (Å²) < 4.78 is 5.79. The van der Waals surface area contributed by atoms with Gasteiger partial charge in [-0.2, -0.15) is 0 Å². The Kier molecular flexibility index (Phi) is 3.88. The van der Waals surface area contributed by atoms with Crippen LogP contribution in [0.15, 0.2) is 18.5 Å². The van der Waals surface area contributed by atoms with Crippen LogP contribution in [0.5, 0.6) is 0 Å². The fourth-order valence-electron chi connectivity index (χ4n) is 2.85. The Balaban J connectivity index is 2.25. The monoisotopic (exact) mass is 249 g/mol. The van der Waals surface area contributed by atoms with E-state index < -0.39 is 0 Å². The van der Waals surface area contributed by atoms with Gasteiger partial charge in [-0.05, 0) is 37.7 Å². The van der Waals surface area contributed by atoms with Gasteiger partial charge in [0.2, 0.25) is 0 Å². The third-order valence-corrected chi connectivity index (χ3v) is 4.32. The number of nitrogens with two attached hydrogens (primary N) is 2. The highest BCUT2D eigenvalue weighted by molar-refractivity contribution is 5.47. The van der Waals surface area contributed by atoms with Crippen molar-refractivity contribution in [1.82, 2.24) is 4.98 Å². The smallest absolute Gasteiger partial charge is 0.0872 e. The summed E-state index contributed by atoms with van der Waals surface area (Å²) in [6, 6.07) is 1.59. The van der Waals surface area contributed by atoms with Crippen LogP contribution in [0, 0.1) is 5.92 Å². The minimum Gasteiger partial charge on any atom is -0.398 e. The number of hydrogen-bond acceptors (Lipinski definition) is 4. The van der Waals surface area contributed by atoms with E-state index in [0.717, 1.165) is 37.2 Å². The lowest BCUT2D eigenvalue weighted by Crippen LogP contribution is -2.46. The molecule has 0 aromatic carbocycles. The molecule has 100 valence electrons. The van der Waals surface area contributed by atoms with Crippen molar-refractivity contribution in [1.29, 1.82) is 0 Å². The van der Waals surface area contributed by atoms with Gasteiger partial charge in [-0.1, -0.05) is 6.92 Å². The molecule has 0 spiro atoms. The first-order valence-corrected chi connectivity index (χ1v) is 6.59. The van der Waals surface area contributed by atoms with Crippen molar-refractivity contribution in [2.24, 2.45) is 11.7 Å². The molecule has 0 amide bonds. The molecule has 1 unspecified atom stereocenters. The van der Waals surface area contributed by atoms with Crippen molar-refractivity contribution < 1.29 is 4.74 Å². The van der Waals surface area contributed by atoms with E-state index in [1.165, 1.54) is 0 Å². The fourth-order valence-corrected chi connectivity index (χ4v) is 2.85. The lowest BCUT2D eigenvalue weighted by molar-refractivity contribution is -0.0671. The van der Waals surface area contributed by atoms with Crippen LogP contribution in [0.2, 0.25) is 0 Å². The van der Waals surface area contributed by atoms with Crippen LogP contribution < -0.4 is 11.5 Å². The zero-order chi connectivity index (χ0) is 13.2. The zero-order valence-corrected chi connectivity index (χ0v) is 11.2. The Morgan fingerprint density at radius 2 is 2.11 bits per heavy atom. The standard InChI is InChI=1S/C14H23N3O/c1-10-3-6-14(18-2,7-4-10)13(16)11-9-17-8-5-12(11)15/h5,8-10,13H,3-4,6-7,16H2,1-2H3,(H2,15,17). The van der Waals surface area contributed by atoms with Crippen LogP contribution in [-0.2, 0) is 4.74 Å². The largest absolute Gasteiger partial charge is 0.398 e. The van der Waals surface area contributed by atoms with Crippen molar-refractivity contribution in [2.75, 3.05) is 12.8 Å². The highest BCUT2D eigenvalue weighted by Gasteiger charge is 2.41. The average Bonchev–Trinajstić information content (AvgIpc) is 2.40. The molecule has 2 rings (SSSR count). The van der Waals surface area contributed by atoms with E-state index in [0.29, 0.717) is 5.69 Å². The van der Waals surface area contributed by atoms with Crippen molar-refractivity contribution in [3.8, 4) is 0 Å². The molecule has 18 heavy (non-hydrogen) atoms. The molecule has 0 radical (unpaired) electrons. The van der Waals surface area contributed by atoms with E-state index in [9.17, 15) is 0 Å². The quantitative estimate of drug-likeness (QED) is 0.861. The molecule has 1 aliphatic carbocycles. The molecule has 1 aliphatic rings. The Labute approximate surface area is 109 Å². The van der Waals surface area contributed by atoms with Gasteiger partial charge in [0.15, 0.2) is 0 Å². The Bertz CT molecular complexity index is 400. The summed E-state index contributed by atoms with van der Waals surface area (Å²) in [6.45, 7) is 2.28. The third-order valence-electron chi connectivity index (χ3n) is 4.32. The number of nitrogen functional groups attached to an aromatic ring is 1. The van der Waals surface area contributed by atoms with E-state index in [1.54, 1.807) is 25.6 Å². The van der Waals surface area contributed by atoms with Crippen LogP contribution >= 0.6 is 0 Å². The number of methoxy groups -OCH3 is 1. The molecule has 1 saturated carbocycles. The lowest BCUT2D eigenvalue weighted by Gasteiger charge is -2.42. The van der Waals surface area contributed by atoms with Gasteiger partial charge in [0, 0.05) is 30.8 Å². The molecule has 1 heterocycles. The topological polar surface area (TPSA) is 74.2 Å². The van der Waals surface area contributed by atoms with Gasteiger partial charge in [-0.3, -0.25) is 4.98 Å². The van der Waals surface area contributed by atoms with Gasteiger partial charge < -0.3 is 16.2 Å². The molecule has 1 aromatic heterocycles. The molecule has 0 aliphatic heterocycles. The summed E-state index contributed by atoms with van der Waals surface area (Å²) in [5, 5.41) is 0. The molecule has 4 nitrogen and oxygen atoms in total. The van der Waals surface area contributed by atoms with Crippen molar-refractivity contribution in [3.05, 3.63) is 24.0 Å². The lowest BCUT2D eigenvalue weighted by atomic mass is 9.74. The molecule has 0 saturated heterocycles. The van der Waals surface area contributed by atoms with Crippen molar-refractivity contribution >= 4 is 5.69 Å². The highest BCUT2D eigenvalue weighted by atomic mass is 16.5. The van der Waals surface area contributed by atoms with E-state index in [1.807, 2.05) is 0 Å². The molecule has 1 aromatic rings. The van der Waals surface area contributed by atoms with Crippen LogP contribution in [0.25, 0.3) is 0 Å². The minimum absolute atomic E-state index is 0.205. The second-order valence-electron chi connectivity index (χ2n) is 5.43. The van der Waals surface area contributed by atoms with Gasteiger partial charge in [0.25, 0.3) is 0 Å². The summed E-state index contributed by atoms with van der Waals surface area (Å²) in [5.41, 5.74) is 13.7. The number of aromatic nitrogens is 1. The SMILES string of the molecule is COC1(C(N)c2cnccc2N)CCC(C)CC1. The maximum atomic E-state index is 6.42. The van der Waals surface area contributed by atoms with E-state index in [-0.39, 0.29) is 11.6 Å². The Hall–Kier alpha value is -1.13. The number of anilines is 1. The number of pyridine rings is 1. The van der Waals surface area contributed by atoms with Gasteiger partial charge in [-0.25, -0.2) is 0 Å². The van der Waals surface area contributed by atoms with E-state index in [4.69, 9.17) is 16.2 Å². The van der Waals surface area contributed by atoms with Crippen LogP contribution in [0.1, 0.15) is 44.2 Å². The minimum atomic E-state index is -0.288. The molecule has 1 fully saturated rings.